The Morgan fingerprint density at radius 2 is 2.00 bits per heavy atom. The molecule has 1 atom stereocenters. The molecule has 0 spiro atoms. The Balaban J connectivity index is 1.43. The zero-order chi connectivity index (χ0) is 26.3. The number of nitrogens with zero attached hydrogens (tertiary/aromatic N) is 3. The molecule has 1 unspecified atom stereocenters. The monoisotopic (exact) mass is 531 g/mol. The molecule has 2 aliphatic rings. The number of pyridine rings is 1. The molecular formula is C24H20F3N5O4S. The molecule has 0 aliphatic carbocycles. The predicted molar refractivity (Wildman–Crippen MR) is 131 cm³/mol. The van der Waals surface area contributed by atoms with Gasteiger partial charge in [0.2, 0.25) is 5.91 Å². The van der Waals surface area contributed by atoms with Gasteiger partial charge in [0.15, 0.2) is 0 Å². The summed E-state index contributed by atoms with van der Waals surface area (Å²) in [4.78, 5) is 46.4. The van der Waals surface area contributed by atoms with E-state index in [-0.39, 0.29) is 16.8 Å². The minimum absolute atomic E-state index is 0.199. The molecule has 1 aromatic carbocycles. The Kier molecular flexibility index (Phi) is 6.23. The summed E-state index contributed by atoms with van der Waals surface area (Å²) in [5.74, 6) is -1.01. The second-order valence-corrected chi connectivity index (χ2v) is 9.42. The van der Waals surface area contributed by atoms with Crippen molar-refractivity contribution in [2.45, 2.75) is 25.2 Å². The average molecular weight is 532 g/mol. The minimum Gasteiger partial charge on any atom is -0.406 e. The topological polar surface area (TPSA) is 104 Å². The lowest BCUT2D eigenvalue weighted by Crippen LogP contribution is -2.49. The number of rotatable bonds is 5. The van der Waals surface area contributed by atoms with Crippen molar-refractivity contribution in [1.29, 1.82) is 0 Å². The number of benzene rings is 1. The van der Waals surface area contributed by atoms with Gasteiger partial charge in [-0.1, -0.05) is 6.58 Å². The van der Waals surface area contributed by atoms with Crippen LogP contribution in [0.3, 0.4) is 0 Å². The third-order valence-electron chi connectivity index (χ3n) is 6.02. The number of piperidine rings is 1. The molecule has 4 heterocycles. The molecule has 4 amide bonds. The number of carbonyl (C=O) groups excluding carboxylic acids is 3. The second kappa shape index (κ2) is 9.39. The first-order valence-corrected chi connectivity index (χ1v) is 12.1. The number of aromatic nitrogens is 1. The van der Waals surface area contributed by atoms with Gasteiger partial charge in [0.05, 0.1) is 22.4 Å². The van der Waals surface area contributed by atoms with E-state index < -0.39 is 24.1 Å². The highest BCUT2D eigenvalue weighted by molar-refractivity contribution is 7.21. The molecule has 192 valence electrons. The average Bonchev–Trinajstić information content (AvgIpc) is 3.23. The maximum atomic E-state index is 13.2. The number of amides is 4. The third-order valence-corrected chi connectivity index (χ3v) is 7.12. The van der Waals surface area contributed by atoms with Gasteiger partial charge in [-0.2, -0.15) is 0 Å². The number of urea groups is 1. The Hall–Kier alpha value is -4.13. The SMILES string of the molecule is C=CC(=O)N1CCCC(NC(=O)c2sc3nccc4c3c2NC(=O)N4c2ccc(OC(F)(F)F)cc2)C1. The van der Waals surface area contributed by atoms with E-state index in [0.29, 0.717) is 46.8 Å². The Morgan fingerprint density at radius 3 is 2.70 bits per heavy atom. The Bertz CT molecular complexity index is 1410. The molecule has 13 heteroatoms. The van der Waals surface area contributed by atoms with Crippen molar-refractivity contribution in [2.24, 2.45) is 0 Å². The maximum Gasteiger partial charge on any atom is 0.573 e. The molecular weight excluding hydrogens is 511 g/mol. The number of hydrogen-bond donors (Lipinski definition) is 2. The molecule has 0 saturated carbocycles. The van der Waals surface area contributed by atoms with Crippen molar-refractivity contribution in [1.82, 2.24) is 15.2 Å². The number of carbonyl (C=O) groups is 3. The van der Waals surface area contributed by atoms with E-state index in [9.17, 15) is 27.6 Å². The number of likely N-dealkylation sites (tertiary alicyclic amines) is 1. The van der Waals surface area contributed by atoms with E-state index in [4.69, 9.17) is 0 Å². The molecule has 1 saturated heterocycles. The van der Waals surface area contributed by atoms with Crippen molar-refractivity contribution >= 4 is 56.5 Å². The normalized spacial score (nSPS) is 17.4. The first kappa shape index (κ1) is 24.6. The summed E-state index contributed by atoms with van der Waals surface area (Å²) in [6, 6.07) is 5.64. The van der Waals surface area contributed by atoms with E-state index >= 15 is 0 Å². The predicted octanol–water partition coefficient (Wildman–Crippen LogP) is 4.79. The molecule has 37 heavy (non-hydrogen) atoms. The zero-order valence-electron chi connectivity index (χ0n) is 19.2. The van der Waals surface area contributed by atoms with Gasteiger partial charge in [-0.15, -0.1) is 24.5 Å². The number of halogens is 3. The summed E-state index contributed by atoms with van der Waals surface area (Å²) in [6.07, 6.45) is -0.669. The third kappa shape index (κ3) is 4.81. The molecule has 2 N–H and O–H groups in total. The number of anilines is 3. The van der Waals surface area contributed by atoms with Crippen molar-refractivity contribution in [3.63, 3.8) is 0 Å². The quantitative estimate of drug-likeness (QED) is 0.461. The van der Waals surface area contributed by atoms with Gasteiger partial charge in [-0.3, -0.25) is 14.5 Å². The van der Waals surface area contributed by atoms with Crippen LogP contribution in [0.5, 0.6) is 5.75 Å². The standard InChI is InChI=1S/C24H20F3N5O4S/c1-2-17(33)31-11-3-4-13(12-31)29-21(34)20-19-18-16(9-10-28-22(18)37-20)32(23(35)30-19)14-5-7-15(8-6-14)36-24(25,26)27/h2,5-10,13H,1,3-4,11-12H2,(H,29,34)(H,30,35). The van der Waals surface area contributed by atoms with E-state index in [0.717, 1.165) is 29.9 Å². The summed E-state index contributed by atoms with van der Waals surface area (Å²) < 4.78 is 41.4. The van der Waals surface area contributed by atoms with Crippen molar-refractivity contribution in [3.05, 3.63) is 54.1 Å². The van der Waals surface area contributed by atoms with Crippen LogP contribution in [0, 0.1) is 0 Å². The van der Waals surface area contributed by atoms with Crippen LogP contribution in [0.15, 0.2) is 49.2 Å². The first-order chi connectivity index (χ1) is 17.6. The number of ether oxygens (including phenoxy) is 1. The molecule has 3 aromatic rings. The number of alkyl halides is 3. The van der Waals surface area contributed by atoms with Crippen LogP contribution in [0.25, 0.3) is 10.2 Å². The van der Waals surface area contributed by atoms with Crippen molar-refractivity contribution < 1.29 is 32.3 Å². The second-order valence-electron chi connectivity index (χ2n) is 8.42. The van der Waals surface area contributed by atoms with Crippen LogP contribution < -0.4 is 20.3 Å². The lowest BCUT2D eigenvalue weighted by Gasteiger charge is -2.32. The molecule has 2 aliphatic heterocycles. The molecule has 5 rings (SSSR count). The van der Waals surface area contributed by atoms with Crippen LogP contribution in [0.2, 0.25) is 0 Å². The van der Waals surface area contributed by atoms with Crippen molar-refractivity contribution in [2.75, 3.05) is 23.3 Å². The van der Waals surface area contributed by atoms with Gasteiger partial charge >= 0.3 is 12.4 Å². The molecule has 1 fully saturated rings. The lowest BCUT2D eigenvalue weighted by atomic mass is 10.1. The summed E-state index contributed by atoms with van der Waals surface area (Å²) in [7, 11) is 0. The van der Waals surface area contributed by atoms with Crippen molar-refractivity contribution in [3.8, 4) is 5.75 Å². The summed E-state index contributed by atoms with van der Waals surface area (Å²) in [6.45, 7) is 4.45. The van der Waals surface area contributed by atoms with Gasteiger partial charge in [0.25, 0.3) is 5.91 Å². The van der Waals surface area contributed by atoms with Gasteiger partial charge in [-0.25, -0.2) is 9.78 Å². The van der Waals surface area contributed by atoms with Crippen LogP contribution >= 0.6 is 11.3 Å². The lowest BCUT2D eigenvalue weighted by molar-refractivity contribution is -0.274. The highest BCUT2D eigenvalue weighted by Crippen LogP contribution is 2.45. The Labute approximate surface area is 212 Å². The van der Waals surface area contributed by atoms with E-state index in [2.05, 4.69) is 26.9 Å². The Morgan fingerprint density at radius 1 is 1.24 bits per heavy atom. The zero-order valence-corrected chi connectivity index (χ0v) is 20.0. The largest absolute Gasteiger partial charge is 0.573 e. The molecule has 0 bridgehead atoms. The number of thiophene rings is 1. The fourth-order valence-corrected chi connectivity index (χ4v) is 5.50. The highest BCUT2D eigenvalue weighted by Gasteiger charge is 2.34. The van der Waals surface area contributed by atoms with Crippen LogP contribution in [0.1, 0.15) is 22.5 Å². The summed E-state index contributed by atoms with van der Waals surface area (Å²) in [5.41, 5.74) is 1.05. The molecule has 0 radical (unpaired) electrons. The van der Waals surface area contributed by atoms with Crippen LogP contribution in [-0.2, 0) is 4.79 Å². The summed E-state index contributed by atoms with van der Waals surface area (Å²) >= 11 is 1.11. The van der Waals surface area contributed by atoms with E-state index in [1.807, 2.05) is 0 Å². The number of nitrogens with one attached hydrogen (secondary N) is 2. The van der Waals surface area contributed by atoms with Gasteiger partial charge in [0, 0.05) is 25.3 Å². The smallest absolute Gasteiger partial charge is 0.406 e. The molecule has 2 aromatic heterocycles. The maximum absolute atomic E-state index is 13.2. The number of hydrogen-bond acceptors (Lipinski definition) is 6. The van der Waals surface area contributed by atoms with Gasteiger partial charge in [0.1, 0.15) is 15.5 Å². The van der Waals surface area contributed by atoms with Gasteiger partial charge < -0.3 is 20.3 Å². The fraction of sp³-hybridized carbons (Fsp3) is 0.250. The fourth-order valence-electron chi connectivity index (χ4n) is 4.47. The van der Waals surface area contributed by atoms with Crippen LogP contribution in [-0.4, -0.2) is 53.2 Å². The highest BCUT2D eigenvalue weighted by atomic mass is 32.1. The summed E-state index contributed by atoms with van der Waals surface area (Å²) in [5, 5.41) is 6.23. The molecule has 9 nitrogen and oxygen atoms in total. The minimum atomic E-state index is -4.83. The first-order valence-electron chi connectivity index (χ1n) is 11.2. The van der Waals surface area contributed by atoms with Crippen LogP contribution in [0.4, 0.5) is 35.0 Å². The van der Waals surface area contributed by atoms with E-state index in [1.54, 1.807) is 11.0 Å². The van der Waals surface area contributed by atoms with E-state index in [1.165, 1.54) is 29.3 Å². The van der Waals surface area contributed by atoms with Gasteiger partial charge in [-0.05, 0) is 49.2 Å².